The molecule has 1 fully saturated rings. The number of guanidine groups is 1. The van der Waals surface area contributed by atoms with E-state index in [4.69, 9.17) is 9.47 Å². The lowest BCUT2D eigenvalue weighted by Crippen LogP contribution is -2.47. The van der Waals surface area contributed by atoms with Gasteiger partial charge in [-0.2, -0.15) is 0 Å². The van der Waals surface area contributed by atoms with Gasteiger partial charge in [-0.1, -0.05) is 40.2 Å². The summed E-state index contributed by atoms with van der Waals surface area (Å²) < 4.78 is 11.9. The van der Waals surface area contributed by atoms with Gasteiger partial charge in [0.25, 0.3) is 0 Å². The Bertz CT molecular complexity index is 776. The SMILES string of the molecule is CN=C(NCc1ccc(OC)cc1)NCC1(c2ccc(Br)cc2)CCOCC1.I. The van der Waals surface area contributed by atoms with E-state index in [1.54, 1.807) is 14.2 Å². The molecule has 0 aromatic heterocycles. The van der Waals surface area contributed by atoms with Crippen LogP contribution in [0.1, 0.15) is 24.0 Å². The molecule has 5 nitrogen and oxygen atoms in total. The fourth-order valence-electron chi connectivity index (χ4n) is 3.54. The Labute approximate surface area is 198 Å². The Hall–Kier alpha value is -1.32. The van der Waals surface area contributed by atoms with Crippen molar-refractivity contribution in [3.63, 3.8) is 0 Å². The number of nitrogens with one attached hydrogen (secondary N) is 2. The second-order valence-corrected chi connectivity index (χ2v) is 7.94. The van der Waals surface area contributed by atoms with Gasteiger partial charge in [0, 0.05) is 43.2 Å². The molecule has 0 unspecified atom stereocenters. The highest BCUT2D eigenvalue weighted by Gasteiger charge is 2.34. The predicted molar refractivity (Wildman–Crippen MR) is 132 cm³/mol. The first kappa shape index (κ1) is 24.0. The van der Waals surface area contributed by atoms with Gasteiger partial charge in [0.1, 0.15) is 5.75 Å². The normalized spacial score (nSPS) is 15.9. The topological polar surface area (TPSA) is 54.9 Å². The van der Waals surface area contributed by atoms with E-state index in [0.717, 1.165) is 48.8 Å². The summed E-state index contributed by atoms with van der Waals surface area (Å²) in [6.07, 6.45) is 1.99. The van der Waals surface area contributed by atoms with Gasteiger partial charge in [-0.25, -0.2) is 0 Å². The Morgan fingerprint density at radius 3 is 2.31 bits per heavy atom. The number of methoxy groups -OCH3 is 1. The highest BCUT2D eigenvalue weighted by Crippen LogP contribution is 2.34. The Balaban J connectivity index is 0.00000300. The third-order valence-electron chi connectivity index (χ3n) is 5.34. The standard InChI is InChI=1S/C22H28BrN3O2.HI/c1-24-21(25-15-17-3-9-20(27-2)10-4-17)26-16-22(11-13-28-14-12-22)18-5-7-19(23)8-6-18;/h3-10H,11-16H2,1-2H3,(H2,24,25,26);1H. The molecule has 0 aliphatic carbocycles. The summed E-state index contributed by atoms with van der Waals surface area (Å²) in [4.78, 5) is 4.39. The number of benzene rings is 2. The highest BCUT2D eigenvalue weighted by atomic mass is 127. The first-order valence-electron chi connectivity index (χ1n) is 9.56. The molecule has 1 heterocycles. The predicted octanol–water partition coefficient (Wildman–Crippen LogP) is 4.49. The number of nitrogens with zero attached hydrogens (tertiary/aromatic N) is 1. The van der Waals surface area contributed by atoms with Gasteiger partial charge in [0.2, 0.25) is 0 Å². The zero-order chi connectivity index (χ0) is 19.8. The minimum Gasteiger partial charge on any atom is -0.497 e. The first-order chi connectivity index (χ1) is 13.6. The van der Waals surface area contributed by atoms with Crippen molar-refractivity contribution in [2.45, 2.75) is 24.8 Å². The molecule has 0 atom stereocenters. The number of aliphatic imine (C=N–C) groups is 1. The number of halogens is 2. The van der Waals surface area contributed by atoms with Crippen LogP contribution in [0.5, 0.6) is 5.75 Å². The molecule has 0 amide bonds. The van der Waals surface area contributed by atoms with E-state index in [1.807, 2.05) is 12.1 Å². The largest absolute Gasteiger partial charge is 0.497 e. The molecular weight excluding hydrogens is 545 g/mol. The van der Waals surface area contributed by atoms with E-state index in [9.17, 15) is 0 Å². The van der Waals surface area contributed by atoms with Crippen molar-refractivity contribution in [1.82, 2.24) is 10.6 Å². The molecule has 1 saturated heterocycles. The van der Waals surface area contributed by atoms with Crippen molar-refractivity contribution in [3.05, 3.63) is 64.1 Å². The van der Waals surface area contributed by atoms with Crippen LogP contribution in [0.25, 0.3) is 0 Å². The molecule has 29 heavy (non-hydrogen) atoms. The number of hydrogen-bond acceptors (Lipinski definition) is 3. The summed E-state index contributed by atoms with van der Waals surface area (Å²) in [5.41, 5.74) is 2.57. The molecule has 158 valence electrons. The van der Waals surface area contributed by atoms with Crippen molar-refractivity contribution in [2.24, 2.45) is 4.99 Å². The summed E-state index contributed by atoms with van der Waals surface area (Å²) in [5.74, 6) is 1.67. The first-order valence-corrected chi connectivity index (χ1v) is 10.4. The summed E-state index contributed by atoms with van der Waals surface area (Å²) in [7, 11) is 3.48. The number of ether oxygens (including phenoxy) is 2. The molecule has 0 radical (unpaired) electrons. The third-order valence-corrected chi connectivity index (χ3v) is 5.87. The molecule has 0 bridgehead atoms. The molecule has 1 aliphatic heterocycles. The third kappa shape index (κ3) is 6.58. The Kier molecular flexibility index (Phi) is 9.71. The van der Waals surface area contributed by atoms with Crippen molar-refractivity contribution in [2.75, 3.05) is 33.9 Å². The quantitative estimate of drug-likeness (QED) is 0.304. The van der Waals surface area contributed by atoms with Crippen LogP contribution in [-0.4, -0.2) is 39.9 Å². The van der Waals surface area contributed by atoms with E-state index in [0.29, 0.717) is 6.54 Å². The van der Waals surface area contributed by atoms with Crippen molar-refractivity contribution >= 4 is 45.9 Å². The monoisotopic (exact) mass is 573 g/mol. The second kappa shape index (κ2) is 11.8. The molecular formula is C22H29BrIN3O2. The fourth-order valence-corrected chi connectivity index (χ4v) is 3.80. The summed E-state index contributed by atoms with van der Waals surface area (Å²) in [6, 6.07) is 16.7. The summed E-state index contributed by atoms with van der Waals surface area (Å²) in [6.45, 7) is 3.10. The second-order valence-electron chi connectivity index (χ2n) is 7.03. The molecule has 7 heteroatoms. The van der Waals surface area contributed by atoms with E-state index in [1.165, 1.54) is 11.1 Å². The van der Waals surface area contributed by atoms with Crippen LogP contribution >= 0.6 is 39.9 Å². The lowest BCUT2D eigenvalue weighted by molar-refractivity contribution is 0.0514. The minimum atomic E-state index is 0. The smallest absolute Gasteiger partial charge is 0.191 e. The molecule has 2 aromatic rings. The van der Waals surface area contributed by atoms with Gasteiger partial charge in [-0.05, 0) is 48.2 Å². The Morgan fingerprint density at radius 2 is 1.72 bits per heavy atom. The van der Waals surface area contributed by atoms with Crippen LogP contribution in [0.15, 0.2) is 58.0 Å². The zero-order valence-electron chi connectivity index (χ0n) is 16.9. The van der Waals surface area contributed by atoms with Crippen molar-refractivity contribution in [1.29, 1.82) is 0 Å². The van der Waals surface area contributed by atoms with Gasteiger partial charge in [0.05, 0.1) is 7.11 Å². The van der Waals surface area contributed by atoms with Gasteiger partial charge in [-0.3, -0.25) is 4.99 Å². The van der Waals surface area contributed by atoms with Gasteiger partial charge >= 0.3 is 0 Å². The molecule has 1 aliphatic rings. The zero-order valence-corrected chi connectivity index (χ0v) is 20.8. The number of hydrogen-bond donors (Lipinski definition) is 2. The molecule has 0 saturated carbocycles. The minimum absolute atomic E-state index is 0. The summed E-state index contributed by atoms with van der Waals surface area (Å²) >= 11 is 3.53. The highest BCUT2D eigenvalue weighted by molar-refractivity contribution is 14.0. The molecule has 0 spiro atoms. The molecule has 2 N–H and O–H groups in total. The number of rotatable bonds is 6. The van der Waals surface area contributed by atoms with Gasteiger partial charge in [0.15, 0.2) is 5.96 Å². The lowest BCUT2D eigenvalue weighted by atomic mass is 9.74. The Morgan fingerprint density at radius 1 is 1.07 bits per heavy atom. The van der Waals surface area contributed by atoms with Crippen LogP contribution in [0.3, 0.4) is 0 Å². The van der Waals surface area contributed by atoms with Crippen LogP contribution in [0, 0.1) is 0 Å². The van der Waals surface area contributed by atoms with Crippen LogP contribution in [0.4, 0.5) is 0 Å². The van der Waals surface area contributed by atoms with Gasteiger partial charge < -0.3 is 20.1 Å². The lowest BCUT2D eigenvalue weighted by Gasteiger charge is -2.38. The van der Waals surface area contributed by atoms with Crippen molar-refractivity contribution < 1.29 is 9.47 Å². The van der Waals surface area contributed by atoms with Crippen LogP contribution in [-0.2, 0) is 16.7 Å². The van der Waals surface area contributed by atoms with E-state index >= 15 is 0 Å². The van der Waals surface area contributed by atoms with Crippen LogP contribution < -0.4 is 15.4 Å². The van der Waals surface area contributed by atoms with Gasteiger partial charge in [-0.15, -0.1) is 24.0 Å². The average molecular weight is 574 g/mol. The van der Waals surface area contributed by atoms with E-state index in [-0.39, 0.29) is 29.4 Å². The van der Waals surface area contributed by atoms with Crippen molar-refractivity contribution in [3.8, 4) is 5.75 Å². The molecule has 3 rings (SSSR count). The summed E-state index contributed by atoms with van der Waals surface area (Å²) in [5, 5.41) is 6.93. The maximum Gasteiger partial charge on any atom is 0.191 e. The maximum atomic E-state index is 5.63. The molecule has 2 aromatic carbocycles. The van der Waals surface area contributed by atoms with E-state index in [2.05, 4.69) is 68.0 Å². The van der Waals surface area contributed by atoms with Crippen LogP contribution in [0.2, 0.25) is 0 Å². The maximum absolute atomic E-state index is 5.63. The fraction of sp³-hybridized carbons (Fsp3) is 0.409. The average Bonchev–Trinajstić information content (AvgIpc) is 2.75. The van der Waals surface area contributed by atoms with E-state index < -0.39 is 0 Å².